The Labute approximate surface area is 249 Å². The van der Waals surface area contributed by atoms with Gasteiger partial charge in [-0.3, -0.25) is 0 Å². The SMILES string of the molecule is [B]c1c([B])c([B])c(-c2nn(-c3cccc(-c4cc5ccccc5c5ccccc45)c3Cl)c3ccccc23)c([B])c1[B]. The van der Waals surface area contributed by atoms with Gasteiger partial charge in [0.1, 0.15) is 39.2 Å². The topological polar surface area (TPSA) is 17.8 Å². The zero-order valence-corrected chi connectivity index (χ0v) is 22.7. The van der Waals surface area contributed by atoms with Crippen molar-refractivity contribution in [2.75, 3.05) is 0 Å². The van der Waals surface area contributed by atoms with Crippen LogP contribution in [0.4, 0.5) is 0 Å². The predicted octanol–water partition coefficient (Wildman–Crippen LogP) is 3.29. The molecular formula is C33H16B5ClN2. The molecule has 0 aliphatic heterocycles. The molecule has 1 heterocycles. The predicted molar refractivity (Wildman–Crippen MR) is 179 cm³/mol. The van der Waals surface area contributed by atoms with E-state index in [1.165, 1.54) is 10.8 Å². The number of aromatic nitrogens is 2. The molecule has 0 unspecified atom stereocenters. The van der Waals surface area contributed by atoms with E-state index < -0.39 is 0 Å². The number of halogens is 1. The van der Waals surface area contributed by atoms with Crippen molar-refractivity contribution in [2.45, 2.75) is 0 Å². The highest BCUT2D eigenvalue weighted by Crippen LogP contribution is 2.40. The van der Waals surface area contributed by atoms with Crippen LogP contribution in [0.3, 0.4) is 0 Å². The third-order valence-electron chi connectivity index (χ3n) is 7.79. The minimum Gasteiger partial charge on any atom is -0.231 e. The summed E-state index contributed by atoms with van der Waals surface area (Å²) in [5.41, 5.74) is 5.40. The molecule has 7 rings (SSSR count). The molecule has 1 aromatic heterocycles. The lowest BCUT2D eigenvalue weighted by atomic mass is 9.60. The van der Waals surface area contributed by atoms with E-state index in [2.05, 4.69) is 42.5 Å². The van der Waals surface area contributed by atoms with Crippen molar-refractivity contribution in [1.82, 2.24) is 9.78 Å². The third-order valence-corrected chi connectivity index (χ3v) is 8.19. The normalized spacial score (nSPS) is 11.5. The number of para-hydroxylation sites is 1. The Morgan fingerprint density at radius 2 is 1.12 bits per heavy atom. The molecule has 0 bridgehead atoms. The van der Waals surface area contributed by atoms with Crippen molar-refractivity contribution in [3.8, 4) is 28.1 Å². The summed E-state index contributed by atoms with van der Waals surface area (Å²) in [4.78, 5) is 0. The Balaban J connectivity index is 1.50. The zero-order valence-electron chi connectivity index (χ0n) is 21.9. The van der Waals surface area contributed by atoms with Gasteiger partial charge in [-0.1, -0.05) is 101 Å². The van der Waals surface area contributed by atoms with E-state index in [-0.39, 0.29) is 27.3 Å². The van der Waals surface area contributed by atoms with Crippen LogP contribution >= 0.6 is 11.6 Å². The van der Waals surface area contributed by atoms with Crippen molar-refractivity contribution in [3.05, 3.63) is 102 Å². The Hall–Kier alpha value is -4.08. The van der Waals surface area contributed by atoms with Crippen molar-refractivity contribution < 1.29 is 0 Å². The number of benzene rings is 6. The van der Waals surface area contributed by atoms with Crippen molar-refractivity contribution in [3.63, 3.8) is 0 Å². The second-order valence-electron chi connectivity index (χ2n) is 10.1. The highest BCUT2D eigenvalue weighted by Gasteiger charge is 2.21. The van der Waals surface area contributed by atoms with Crippen LogP contribution in [0.1, 0.15) is 0 Å². The lowest BCUT2D eigenvalue weighted by Crippen LogP contribution is -2.55. The van der Waals surface area contributed by atoms with Gasteiger partial charge < -0.3 is 0 Å². The fourth-order valence-corrected chi connectivity index (χ4v) is 6.02. The fourth-order valence-electron chi connectivity index (χ4n) is 5.71. The number of nitrogens with zero attached hydrogens (tertiary/aromatic N) is 2. The highest BCUT2D eigenvalue weighted by molar-refractivity contribution is 6.68. The van der Waals surface area contributed by atoms with E-state index in [0.717, 1.165) is 32.8 Å². The van der Waals surface area contributed by atoms with Crippen LogP contribution in [0, 0.1) is 0 Å². The standard InChI is InChI=1S/C33H16B5ClN2/c34-27-26(28(35)30(37)31(38)29(27)36)33-22-12-5-6-14-24(22)41(40-33)25-15-7-13-21(32(25)39)23-16-17-8-1-2-9-18(17)19-10-3-4-11-20(19)23/h1-16H. The number of hydrogen-bond acceptors (Lipinski definition) is 1. The van der Waals surface area contributed by atoms with Gasteiger partial charge in [0.05, 0.1) is 21.9 Å². The van der Waals surface area contributed by atoms with Crippen molar-refractivity contribution >= 4 is 111 Å². The van der Waals surface area contributed by atoms with Gasteiger partial charge in [-0.05, 0) is 50.9 Å². The van der Waals surface area contributed by atoms with E-state index in [0.29, 0.717) is 22.0 Å². The van der Waals surface area contributed by atoms with E-state index in [1.807, 2.05) is 54.6 Å². The summed E-state index contributed by atoms with van der Waals surface area (Å²) >= 11 is 7.25. The summed E-state index contributed by atoms with van der Waals surface area (Å²) in [6.45, 7) is 0. The van der Waals surface area contributed by atoms with Crippen LogP contribution in [0.25, 0.3) is 60.5 Å². The number of fused-ring (bicyclic) bond motifs is 4. The van der Waals surface area contributed by atoms with Crippen LogP contribution in [0.2, 0.25) is 5.02 Å². The number of hydrogen-bond donors (Lipinski definition) is 0. The molecule has 10 radical (unpaired) electrons. The van der Waals surface area contributed by atoms with Gasteiger partial charge in [-0.2, -0.15) is 5.10 Å². The van der Waals surface area contributed by atoms with Gasteiger partial charge in [0, 0.05) is 10.9 Å². The summed E-state index contributed by atoms with van der Waals surface area (Å²) in [5, 5.41) is 11.0. The smallest absolute Gasteiger partial charge is 0.113 e. The molecule has 0 saturated carbocycles. The average Bonchev–Trinajstić information content (AvgIpc) is 3.38. The molecule has 2 nitrogen and oxygen atoms in total. The monoisotopic (exact) mass is 530 g/mol. The Kier molecular flexibility index (Phi) is 6.17. The van der Waals surface area contributed by atoms with E-state index >= 15 is 0 Å². The summed E-state index contributed by atoms with van der Waals surface area (Å²) in [6, 6.07) is 32.7. The van der Waals surface area contributed by atoms with Gasteiger partial charge in [0.25, 0.3) is 0 Å². The largest absolute Gasteiger partial charge is 0.231 e. The summed E-state index contributed by atoms with van der Waals surface area (Å²) in [6.07, 6.45) is 0. The summed E-state index contributed by atoms with van der Waals surface area (Å²) in [5.74, 6) is 0. The van der Waals surface area contributed by atoms with Crippen molar-refractivity contribution in [1.29, 1.82) is 0 Å². The van der Waals surface area contributed by atoms with Crippen LogP contribution in [-0.4, -0.2) is 49.0 Å². The molecule has 0 aliphatic rings. The molecule has 0 aliphatic carbocycles. The first-order valence-electron chi connectivity index (χ1n) is 13.1. The quantitative estimate of drug-likeness (QED) is 0.254. The van der Waals surface area contributed by atoms with Crippen LogP contribution in [0.5, 0.6) is 0 Å². The van der Waals surface area contributed by atoms with E-state index in [9.17, 15) is 0 Å². The molecule has 41 heavy (non-hydrogen) atoms. The van der Waals surface area contributed by atoms with Crippen LogP contribution in [-0.2, 0) is 0 Å². The Bertz CT molecular complexity index is 2160. The number of rotatable bonds is 3. The lowest BCUT2D eigenvalue weighted by molar-refractivity contribution is 0.916. The lowest BCUT2D eigenvalue weighted by Gasteiger charge is -2.20. The summed E-state index contributed by atoms with van der Waals surface area (Å²) in [7, 11) is 31.3. The zero-order chi connectivity index (χ0) is 28.4. The molecule has 0 amide bonds. The van der Waals surface area contributed by atoms with E-state index in [1.54, 1.807) is 4.68 Å². The molecule has 8 heteroatoms. The van der Waals surface area contributed by atoms with Gasteiger partial charge in [-0.25, -0.2) is 4.68 Å². The van der Waals surface area contributed by atoms with Crippen LogP contribution in [0.15, 0.2) is 97.1 Å². The fraction of sp³-hybridized carbons (Fsp3) is 0. The first-order valence-corrected chi connectivity index (χ1v) is 13.4. The molecule has 180 valence electrons. The third kappa shape index (κ3) is 3.90. The van der Waals surface area contributed by atoms with Crippen LogP contribution < -0.4 is 27.3 Å². The maximum atomic E-state index is 7.25. The minimum absolute atomic E-state index is 0.158. The second kappa shape index (κ2) is 9.78. The van der Waals surface area contributed by atoms with Gasteiger partial charge in [0.2, 0.25) is 0 Å². The molecule has 6 aromatic carbocycles. The molecule has 0 saturated heterocycles. The highest BCUT2D eigenvalue weighted by atomic mass is 35.5. The molecular weight excluding hydrogens is 514 g/mol. The molecule has 7 aromatic rings. The maximum Gasteiger partial charge on any atom is 0.113 e. The average molecular weight is 530 g/mol. The minimum atomic E-state index is 0.158. The maximum absolute atomic E-state index is 7.25. The van der Waals surface area contributed by atoms with Gasteiger partial charge in [0.15, 0.2) is 0 Å². The molecule has 0 spiro atoms. The molecule has 0 fully saturated rings. The first-order chi connectivity index (χ1) is 19.9. The Morgan fingerprint density at radius 1 is 0.537 bits per heavy atom. The summed E-state index contributed by atoms with van der Waals surface area (Å²) < 4.78 is 1.81. The Morgan fingerprint density at radius 3 is 1.85 bits per heavy atom. The van der Waals surface area contributed by atoms with Crippen molar-refractivity contribution in [2.24, 2.45) is 0 Å². The van der Waals surface area contributed by atoms with Gasteiger partial charge in [-0.15, -0.1) is 16.4 Å². The first kappa shape index (κ1) is 25.9. The molecule has 0 atom stereocenters. The molecule has 0 N–H and O–H groups in total. The van der Waals surface area contributed by atoms with E-state index in [4.69, 9.17) is 55.9 Å². The second-order valence-corrected chi connectivity index (χ2v) is 10.4. The van der Waals surface area contributed by atoms with Gasteiger partial charge >= 0.3 is 0 Å².